The van der Waals surface area contributed by atoms with E-state index in [1.54, 1.807) is 24.3 Å². The van der Waals surface area contributed by atoms with E-state index in [1.807, 2.05) is 18.2 Å². The largest absolute Gasteiger partial charge is 0.506 e. The molecule has 1 fully saturated rings. The highest BCUT2D eigenvalue weighted by atomic mass is 32.2. The van der Waals surface area contributed by atoms with Gasteiger partial charge in [-0.25, -0.2) is 9.97 Å². The maximum atomic E-state index is 11.4. The number of rotatable bonds is 5. The summed E-state index contributed by atoms with van der Waals surface area (Å²) < 4.78 is 55.4. The Morgan fingerprint density at radius 1 is 0.659 bits per heavy atom. The normalized spacial score (nSPS) is 18.6. The molecule has 1 aliphatic heterocycles. The van der Waals surface area contributed by atoms with Crippen molar-refractivity contribution in [2.75, 3.05) is 79.0 Å². The van der Waals surface area contributed by atoms with E-state index in [-0.39, 0.29) is 10.8 Å². The van der Waals surface area contributed by atoms with E-state index < -0.39 is 10.1 Å². The van der Waals surface area contributed by atoms with Gasteiger partial charge in [-0.1, -0.05) is 24.3 Å². The summed E-state index contributed by atoms with van der Waals surface area (Å²) in [6.45, 7) is 7.25. The van der Waals surface area contributed by atoms with Crippen molar-refractivity contribution in [3.63, 3.8) is 0 Å². The molecule has 0 radical (unpaired) electrons. The average Bonchev–Trinajstić information content (AvgIpc) is 2.95. The van der Waals surface area contributed by atoms with Gasteiger partial charge >= 0.3 is 10.1 Å². The van der Waals surface area contributed by atoms with Gasteiger partial charge in [-0.15, -0.1) is 0 Å². The molecule has 0 saturated carbocycles. The second kappa shape index (κ2) is 16.0. The van der Waals surface area contributed by atoms with E-state index in [0.717, 1.165) is 11.1 Å². The minimum Gasteiger partial charge on any atom is -0.506 e. The van der Waals surface area contributed by atoms with E-state index in [9.17, 15) is 18.1 Å². The Kier molecular flexibility index (Phi) is 12.2. The van der Waals surface area contributed by atoms with E-state index in [1.165, 1.54) is 6.07 Å². The number of phenols is 1. The average molecular weight is 591 g/mol. The summed E-state index contributed by atoms with van der Waals surface area (Å²) in [7, 11) is -4.37. The molecule has 12 nitrogen and oxygen atoms in total. The van der Waals surface area contributed by atoms with Crippen molar-refractivity contribution in [1.29, 1.82) is 0 Å². The van der Waals surface area contributed by atoms with Crippen LogP contribution in [0, 0.1) is 0 Å². The fraction of sp³-hybridized carbons (Fsp3) is 0.500. The Morgan fingerprint density at radius 3 is 1.71 bits per heavy atom. The molecule has 3 heterocycles. The van der Waals surface area contributed by atoms with Crippen LogP contribution in [0.2, 0.25) is 0 Å². The first-order chi connectivity index (χ1) is 19.9. The van der Waals surface area contributed by atoms with Crippen LogP contribution in [0.1, 0.15) is 11.4 Å². The van der Waals surface area contributed by atoms with E-state index >= 15 is 0 Å². The summed E-state index contributed by atoms with van der Waals surface area (Å²) in [5.41, 5.74) is 1.97. The SMILES string of the molecule is O=S(=O)(O)c1cccc(CN2CCOCCOCCN(Cc3ccc4cccc(O)c4n3)CCOCCOCC2)n1. The number of phenolic OH excluding ortho intramolecular Hbond substituents is 1. The minimum absolute atomic E-state index is 0.168. The fourth-order valence-corrected chi connectivity index (χ4v) is 4.85. The second-order valence-electron chi connectivity index (χ2n) is 9.60. The highest BCUT2D eigenvalue weighted by molar-refractivity contribution is 7.85. The highest BCUT2D eigenvalue weighted by Crippen LogP contribution is 2.22. The van der Waals surface area contributed by atoms with E-state index in [0.29, 0.717) is 103 Å². The van der Waals surface area contributed by atoms with Gasteiger partial charge in [0, 0.05) is 44.7 Å². The molecule has 3 aromatic rings. The Hall–Kier alpha value is -2.75. The van der Waals surface area contributed by atoms with Gasteiger partial charge in [0.15, 0.2) is 5.03 Å². The number of para-hydroxylation sites is 1. The van der Waals surface area contributed by atoms with Crippen molar-refractivity contribution in [3.05, 3.63) is 59.9 Å². The lowest BCUT2D eigenvalue weighted by molar-refractivity contribution is 0.00598. The van der Waals surface area contributed by atoms with Crippen molar-refractivity contribution < 1.29 is 37.0 Å². The van der Waals surface area contributed by atoms with Gasteiger partial charge in [0.2, 0.25) is 0 Å². The molecule has 0 aliphatic carbocycles. The first-order valence-corrected chi connectivity index (χ1v) is 15.1. The van der Waals surface area contributed by atoms with E-state index in [4.69, 9.17) is 18.9 Å². The van der Waals surface area contributed by atoms with Crippen LogP contribution in [0.25, 0.3) is 10.9 Å². The Labute approximate surface area is 240 Å². The topological polar surface area (TPSA) is 144 Å². The van der Waals surface area contributed by atoms with Crippen LogP contribution in [0.5, 0.6) is 5.75 Å². The number of aromatic hydroxyl groups is 1. The number of pyridine rings is 2. The third kappa shape index (κ3) is 10.5. The quantitative estimate of drug-likeness (QED) is 0.419. The monoisotopic (exact) mass is 590 g/mol. The van der Waals surface area contributed by atoms with Crippen molar-refractivity contribution in [2.24, 2.45) is 0 Å². The van der Waals surface area contributed by atoms with Gasteiger partial charge in [0.25, 0.3) is 0 Å². The zero-order valence-electron chi connectivity index (χ0n) is 23.1. The smallest absolute Gasteiger partial charge is 0.312 e. The van der Waals surface area contributed by atoms with Crippen LogP contribution in [-0.2, 0) is 42.2 Å². The highest BCUT2D eigenvalue weighted by Gasteiger charge is 2.14. The van der Waals surface area contributed by atoms with Gasteiger partial charge in [0.1, 0.15) is 11.3 Å². The van der Waals surface area contributed by atoms with Crippen LogP contribution in [0.3, 0.4) is 0 Å². The molecule has 41 heavy (non-hydrogen) atoms. The number of hydrogen-bond acceptors (Lipinski definition) is 11. The maximum Gasteiger partial charge on any atom is 0.312 e. The van der Waals surface area contributed by atoms with Crippen molar-refractivity contribution in [3.8, 4) is 5.75 Å². The first-order valence-electron chi connectivity index (χ1n) is 13.7. The summed E-state index contributed by atoms with van der Waals surface area (Å²) in [6.07, 6.45) is 0. The predicted molar refractivity (Wildman–Crippen MR) is 151 cm³/mol. The molecule has 224 valence electrons. The van der Waals surface area contributed by atoms with Gasteiger partial charge in [-0.05, 0) is 24.3 Å². The molecule has 1 saturated heterocycles. The van der Waals surface area contributed by atoms with Gasteiger partial charge in [-0.3, -0.25) is 14.4 Å². The molecule has 0 atom stereocenters. The van der Waals surface area contributed by atoms with Crippen LogP contribution < -0.4 is 0 Å². The fourth-order valence-electron chi connectivity index (χ4n) is 4.37. The number of nitrogens with zero attached hydrogens (tertiary/aromatic N) is 4. The lowest BCUT2D eigenvalue weighted by Crippen LogP contribution is -2.33. The molecular weight excluding hydrogens is 552 g/mol. The lowest BCUT2D eigenvalue weighted by Gasteiger charge is -2.23. The molecule has 2 aromatic heterocycles. The first kappa shape index (κ1) is 31.2. The molecule has 0 bridgehead atoms. The molecule has 0 unspecified atom stereocenters. The van der Waals surface area contributed by atoms with Crippen molar-refractivity contribution in [1.82, 2.24) is 19.8 Å². The second-order valence-corrected chi connectivity index (χ2v) is 11.0. The molecular formula is C28H38N4O8S. The number of aromatic nitrogens is 2. The molecule has 2 N–H and O–H groups in total. The number of benzene rings is 1. The molecule has 4 rings (SSSR count). The Balaban J connectivity index is 1.28. The summed E-state index contributed by atoms with van der Waals surface area (Å²) in [5, 5.41) is 10.7. The summed E-state index contributed by atoms with van der Waals surface area (Å²) in [4.78, 5) is 13.0. The minimum atomic E-state index is -4.37. The van der Waals surface area contributed by atoms with Crippen LogP contribution >= 0.6 is 0 Å². The summed E-state index contributed by atoms with van der Waals surface area (Å²) >= 11 is 0. The molecule has 1 aliphatic rings. The molecule has 0 amide bonds. The number of fused-ring (bicyclic) bond motifs is 1. The van der Waals surface area contributed by atoms with Gasteiger partial charge < -0.3 is 24.1 Å². The Bertz CT molecular complexity index is 1320. The third-order valence-corrected chi connectivity index (χ3v) is 7.28. The molecule has 13 heteroatoms. The van der Waals surface area contributed by atoms with Crippen molar-refractivity contribution >= 4 is 21.0 Å². The predicted octanol–water partition coefficient (Wildman–Crippen LogP) is 1.97. The number of ether oxygens (including phenoxy) is 4. The number of hydrogen-bond donors (Lipinski definition) is 2. The summed E-state index contributed by atoms with van der Waals surface area (Å²) in [5.74, 6) is 0.168. The zero-order valence-corrected chi connectivity index (χ0v) is 23.9. The third-order valence-electron chi connectivity index (χ3n) is 6.52. The van der Waals surface area contributed by atoms with Crippen LogP contribution in [0.15, 0.2) is 53.6 Å². The van der Waals surface area contributed by atoms with Crippen LogP contribution in [-0.4, -0.2) is 117 Å². The molecule has 0 spiro atoms. The van der Waals surface area contributed by atoms with Crippen molar-refractivity contribution in [2.45, 2.75) is 18.1 Å². The molecule has 1 aromatic carbocycles. The lowest BCUT2D eigenvalue weighted by atomic mass is 10.2. The van der Waals surface area contributed by atoms with Gasteiger partial charge in [-0.2, -0.15) is 8.42 Å². The maximum absolute atomic E-state index is 11.4. The summed E-state index contributed by atoms with van der Waals surface area (Å²) in [6, 6.07) is 13.8. The van der Waals surface area contributed by atoms with Gasteiger partial charge in [0.05, 0.1) is 64.2 Å². The zero-order chi connectivity index (χ0) is 28.9. The van der Waals surface area contributed by atoms with E-state index in [2.05, 4.69) is 19.8 Å². The standard InChI is InChI=1S/C28H38N4O8S/c33-26-5-1-3-23-7-8-25(30-28(23)26)22-32-11-15-39-19-17-37-13-9-31(10-14-38-18-20-40-16-12-32)21-24-4-2-6-27(29-24)41(34,35)36/h1-8,33H,9-22H2,(H,34,35,36). The Morgan fingerprint density at radius 2 is 1.17 bits per heavy atom. The van der Waals surface area contributed by atoms with Crippen LogP contribution in [0.4, 0.5) is 0 Å².